The van der Waals surface area contributed by atoms with Crippen molar-refractivity contribution in [3.05, 3.63) is 35.8 Å². The van der Waals surface area contributed by atoms with Gasteiger partial charge in [-0.2, -0.15) is 0 Å². The Bertz CT molecular complexity index is 516. The highest BCUT2D eigenvalue weighted by molar-refractivity contribution is 6.03. The summed E-state index contributed by atoms with van der Waals surface area (Å²) in [6.07, 6.45) is 0. The van der Waals surface area contributed by atoms with Gasteiger partial charge in [0.2, 0.25) is 0 Å². The van der Waals surface area contributed by atoms with E-state index in [0.29, 0.717) is 0 Å². The lowest BCUT2D eigenvalue weighted by atomic mass is 10.1. The van der Waals surface area contributed by atoms with Crippen LogP contribution in [0, 0.1) is 0 Å². The highest BCUT2D eigenvalue weighted by Crippen LogP contribution is 2.33. The van der Waals surface area contributed by atoms with Crippen molar-refractivity contribution < 1.29 is 29.3 Å². The second-order valence-electron chi connectivity index (χ2n) is 3.01. The van der Waals surface area contributed by atoms with E-state index in [0.717, 1.165) is 12.1 Å². The molecule has 0 atom stereocenters. The third-order valence-electron chi connectivity index (χ3n) is 1.99. The number of phenols is 2. The van der Waals surface area contributed by atoms with Gasteiger partial charge in [-0.15, -0.1) is 0 Å². The number of carbonyl (C=O) groups excluding carboxylic acids is 2. The molecule has 2 bridgehead atoms. The molecule has 0 amide bonds. The molecule has 1 aromatic carbocycles. The van der Waals surface area contributed by atoms with Gasteiger partial charge in [-0.05, 0) is 18.7 Å². The van der Waals surface area contributed by atoms with Crippen molar-refractivity contribution in [1.82, 2.24) is 0 Å². The fraction of sp³-hybridized carbons (Fsp3) is 0. The molecule has 1 aliphatic rings. The summed E-state index contributed by atoms with van der Waals surface area (Å²) in [5.41, 5.74) is -0.735. The van der Waals surface area contributed by atoms with Crippen LogP contribution >= 0.6 is 0 Å². The Hall–Kier alpha value is -2.50. The number of esters is 2. The van der Waals surface area contributed by atoms with E-state index in [9.17, 15) is 19.8 Å². The zero-order chi connectivity index (χ0) is 11.9. The molecule has 2 N–H and O–H groups in total. The molecule has 1 heterocycles. The molecule has 0 aromatic heterocycles. The molecule has 6 nitrogen and oxygen atoms in total. The van der Waals surface area contributed by atoms with Crippen LogP contribution in [0.5, 0.6) is 11.5 Å². The molecule has 16 heavy (non-hydrogen) atoms. The van der Waals surface area contributed by atoms with E-state index in [1.54, 1.807) is 0 Å². The average molecular weight is 222 g/mol. The van der Waals surface area contributed by atoms with Crippen LogP contribution in [-0.4, -0.2) is 22.2 Å². The summed E-state index contributed by atoms with van der Waals surface area (Å²) in [5.74, 6) is -3.65. The first-order valence-electron chi connectivity index (χ1n) is 4.19. The van der Waals surface area contributed by atoms with Crippen molar-refractivity contribution in [3.63, 3.8) is 0 Å². The maximum absolute atomic E-state index is 11.4. The van der Waals surface area contributed by atoms with Gasteiger partial charge in [0.15, 0.2) is 0 Å². The van der Waals surface area contributed by atoms with Crippen LogP contribution in [0.2, 0.25) is 0 Å². The SMILES string of the molecule is C=C1OC(=O)c2ccc(O)c(c2O)C(=O)O1. The van der Waals surface area contributed by atoms with E-state index in [1.165, 1.54) is 0 Å². The van der Waals surface area contributed by atoms with Crippen LogP contribution in [0.4, 0.5) is 0 Å². The van der Waals surface area contributed by atoms with Crippen LogP contribution in [0.1, 0.15) is 20.7 Å². The molecule has 0 saturated heterocycles. The van der Waals surface area contributed by atoms with Gasteiger partial charge in [-0.25, -0.2) is 9.59 Å². The van der Waals surface area contributed by atoms with Crippen LogP contribution in [-0.2, 0) is 9.47 Å². The molecule has 0 saturated carbocycles. The summed E-state index contributed by atoms with van der Waals surface area (Å²) >= 11 is 0. The molecule has 0 aliphatic carbocycles. The van der Waals surface area contributed by atoms with Gasteiger partial charge in [-0.1, -0.05) is 0 Å². The summed E-state index contributed by atoms with van der Waals surface area (Å²) in [5, 5.41) is 18.9. The normalized spacial score (nSPS) is 14.9. The Labute approximate surface area is 89.3 Å². The zero-order valence-corrected chi connectivity index (χ0v) is 7.89. The molecule has 1 aliphatic heterocycles. The second-order valence-corrected chi connectivity index (χ2v) is 3.01. The minimum absolute atomic E-state index is 0.245. The molecule has 0 spiro atoms. The molecule has 0 radical (unpaired) electrons. The predicted octanol–water partition coefficient (Wildman–Crippen LogP) is 0.896. The van der Waals surface area contributed by atoms with E-state index in [-0.39, 0.29) is 5.56 Å². The van der Waals surface area contributed by atoms with Crippen molar-refractivity contribution in [2.75, 3.05) is 0 Å². The first-order valence-corrected chi connectivity index (χ1v) is 4.19. The smallest absolute Gasteiger partial charge is 0.353 e. The number of carbonyl (C=O) groups is 2. The van der Waals surface area contributed by atoms with Crippen molar-refractivity contribution in [2.24, 2.45) is 0 Å². The maximum Gasteiger partial charge on any atom is 0.353 e. The molecule has 0 unspecified atom stereocenters. The number of cyclic esters (lactones) is 2. The third-order valence-corrected chi connectivity index (χ3v) is 1.99. The van der Waals surface area contributed by atoms with E-state index >= 15 is 0 Å². The second kappa shape index (κ2) is 3.27. The summed E-state index contributed by atoms with van der Waals surface area (Å²) in [6.45, 7) is 3.18. The fourth-order valence-electron chi connectivity index (χ4n) is 1.28. The lowest BCUT2D eigenvalue weighted by Gasteiger charge is -2.15. The lowest BCUT2D eigenvalue weighted by molar-refractivity contribution is 0.0221. The van der Waals surface area contributed by atoms with Crippen molar-refractivity contribution in [2.45, 2.75) is 0 Å². The number of benzene rings is 1. The molecular formula is C10H6O6. The van der Waals surface area contributed by atoms with Crippen LogP contribution in [0.15, 0.2) is 24.7 Å². The van der Waals surface area contributed by atoms with Crippen LogP contribution < -0.4 is 0 Å². The van der Waals surface area contributed by atoms with Crippen molar-refractivity contribution >= 4 is 11.9 Å². The Morgan fingerprint density at radius 2 is 1.69 bits per heavy atom. The van der Waals surface area contributed by atoms with Crippen molar-refractivity contribution in [1.29, 1.82) is 0 Å². The predicted molar refractivity (Wildman–Crippen MR) is 49.7 cm³/mol. The molecule has 82 valence electrons. The number of ether oxygens (including phenoxy) is 2. The minimum Gasteiger partial charge on any atom is -0.507 e. The van der Waals surface area contributed by atoms with E-state index in [2.05, 4.69) is 16.1 Å². The van der Waals surface area contributed by atoms with Gasteiger partial charge in [0.05, 0.1) is 0 Å². The van der Waals surface area contributed by atoms with Crippen LogP contribution in [0.3, 0.4) is 0 Å². The quantitative estimate of drug-likeness (QED) is 0.633. The molecule has 0 fully saturated rings. The number of phenolic OH excluding ortho intramolecular Hbond substituents is 2. The Balaban J connectivity index is 2.72. The van der Waals surface area contributed by atoms with Gasteiger partial charge < -0.3 is 19.7 Å². The third kappa shape index (κ3) is 1.36. The van der Waals surface area contributed by atoms with Crippen molar-refractivity contribution in [3.8, 4) is 11.5 Å². The summed E-state index contributed by atoms with van der Waals surface area (Å²) in [7, 11) is 0. The molecule has 6 heteroatoms. The number of hydrogen-bond donors (Lipinski definition) is 2. The molecule has 2 rings (SSSR count). The van der Waals surface area contributed by atoms with E-state index in [1.807, 2.05) is 0 Å². The van der Waals surface area contributed by atoms with Gasteiger partial charge in [0.25, 0.3) is 5.95 Å². The zero-order valence-electron chi connectivity index (χ0n) is 7.89. The summed E-state index contributed by atoms with van der Waals surface area (Å²) < 4.78 is 8.97. The van der Waals surface area contributed by atoms with Gasteiger partial charge in [0.1, 0.15) is 22.6 Å². The number of rotatable bonds is 0. The summed E-state index contributed by atoms with van der Waals surface area (Å²) in [4.78, 5) is 22.8. The van der Waals surface area contributed by atoms with Gasteiger partial charge in [0, 0.05) is 0 Å². The Kier molecular flexibility index (Phi) is 2.05. The monoisotopic (exact) mass is 222 g/mol. The Morgan fingerprint density at radius 1 is 1.06 bits per heavy atom. The minimum atomic E-state index is -1.05. The largest absolute Gasteiger partial charge is 0.507 e. The van der Waals surface area contributed by atoms with Gasteiger partial charge in [-0.3, -0.25) is 0 Å². The first-order chi connectivity index (χ1) is 7.50. The standard InChI is InChI=1S/C10H6O6/c1-4-15-9(13)5-2-3-6(11)7(8(5)12)10(14)16-4/h2-3,11-12H,1H2. The number of hydrogen-bond acceptors (Lipinski definition) is 6. The molecular weight excluding hydrogens is 216 g/mol. The van der Waals surface area contributed by atoms with Gasteiger partial charge >= 0.3 is 11.9 Å². The highest BCUT2D eigenvalue weighted by atomic mass is 16.7. The van der Waals surface area contributed by atoms with Crippen LogP contribution in [0.25, 0.3) is 0 Å². The molecule has 1 aromatic rings. The summed E-state index contributed by atoms with van der Waals surface area (Å²) in [6, 6.07) is 2.21. The Morgan fingerprint density at radius 3 is 2.38 bits per heavy atom. The van der Waals surface area contributed by atoms with E-state index in [4.69, 9.17) is 0 Å². The lowest BCUT2D eigenvalue weighted by Crippen LogP contribution is -2.16. The first kappa shape index (κ1) is 10.0. The topological polar surface area (TPSA) is 93.1 Å². The van der Waals surface area contributed by atoms with E-state index < -0.39 is 34.9 Å². The maximum atomic E-state index is 11.4. The number of fused-ring (bicyclic) bond motifs is 2. The fourth-order valence-corrected chi connectivity index (χ4v) is 1.28. The average Bonchev–Trinajstić information content (AvgIpc) is 2.15. The highest BCUT2D eigenvalue weighted by Gasteiger charge is 2.29. The number of aromatic hydroxyl groups is 2.